The highest BCUT2D eigenvalue weighted by Crippen LogP contribution is 2.30. The summed E-state index contributed by atoms with van der Waals surface area (Å²) in [6, 6.07) is 5.45. The predicted molar refractivity (Wildman–Crippen MR) is 122 cm³/mol. The third kappa shape index (κ3) is 4.90. The van der Waals surface area contributed by atoms with Crippen LogP contribution in [0.4, 0.5) is 17.3 Å². The zero-order valence-corrected chi connectivity index (χ0v) is 18.4. The molecule has 0 aliphatic carbocycles. The quantitative estimate of drug-likeness (QED) is 0.516. The van der Waals surface area contributed by atoms with Crippen LogP contribution in [0.15, 0.2) is 36.8 Å². The molecule has 3 aromatic rings. The summed E-state index contributed by atoms with van der Waals surface area (Å²) in [5.41, 5.74) is 6.98. The summed E-state index contributed by atoms with van der Waals surface area (Å²) in [5, 5.41) is 11.5. The van der Waals surface area contributed by atoms with Gasteiger partial charge in [0.25, 0.3) is 5.91 Å². The highest BCUT2D eigenvalue weighted by molar-refractivity contribution is 6.37. The topological polar surface area (TPSA) is 114 Å². The average Bonchev–Trinajstić information content (AvgIpc) is 3.14. The van der Waals surface area contributed by atoms with Gasteiger partial charge < -0.3 is 21.3 Å². The molecule has 9 nitrogen and oxygen atoms in total. The molecular formula is C20H22Cl2N8O. The number of hydrogen-bond acceptors (Lipinski definition) is 7. The maximum absolute atomic E-state index is 11.9. The highest BCUT2D eigenvalue weighted by Gasteiger charge is 2.19. The Morgan fingerprint density at radius 2 is 1.81 bits per heavy atom. The number of nitrogens with two attached hydrogens (primary N) is 1. The van der Waals surface area contributed by atoms with E-state index in [-0.39, 0.29) is 5.69 Å². The molecule has 1 aliphatic heterocycles. The van der Waals surface area contributed by atoms with Crippen molar-refractivity contribution in [2.24, 2.45) is 5.73 Å². The fraction of sp³-hybridized carbons (Fsp3) is 0.300. The molecule has 31 heavy (non-hydrogen) atoms. The van der Waals surface area contributed by atoms with Crippen molar-refractivity contribution < 1.29 is 4.79 Å². The molecule has 0 unspecified atom stereocenters. The summed E-state index contributed by atoms with van der Waals surface area (Å²) in [4.78, 5) is 23.0. The number of rotatable bonds is 6. The summed E-state index contributed by atoms with van der Waals surface area (Å²) in [7, 11) is 2.12. The number of carbonyl (C=O) groups is 1. The lowest BCUT2D eigenvalue weighted by molar-refractivity contribution is 0.0996. The van der Waals surface area contributed by atoms with Crippen LogP contribution in [0.3, 0.4) is 0 Å². The van der Waals surface area contributed by atoms with Crippen LogP contribution < -0.4 is 16.4 Å². The van der Waals surface area contributed by atoms with E-state index in [1.54, 1.807) is 36.8 Å². The number of anilines is 3. The van der Waals surface area contributed by atoms with Gasteiger partial charge in [-0.1, -0.05) is 29.3 Å². The molecule has 1 saturated heterocycles. The minimum atomic E-state index is -0.689. The second kappa shape index (κ2) is 9.09. The number of para-hydroxylation sites is 1. The number of piperidine rings is 1. The van der Waals surface area contributed by atoms with Gasteiger partial charge in [0.15, 0.2) is 5.69 Å². The van der Waals surface area contributed by atoms with Crippen LogP contribution in [0.1, 0.15) is 23.3 Å². The maximum atomic E-state index is 11.9. The van der Waals surface area contributed by atoms with Gasteiger partial charge in [-0.15, -0.1) is 0 Å². The number of hydrogen-bond donors (Lipinski definition) is 3. The normalized spacial score (nSPS) is 15.1. The molecule has 0 radical (unpaired) electrons. The number of aromatic nitrogens is 4. The van der Waals surface area contributed by atoms with E-state index in [2.05, 4.69) is 37.6 Å². The van der Waals surface area contributed by atoms with Crippen molar-refractivity contribution in [3.05, 3.63) is 52.5 Å². The summed E-state index contributed by atoms with van der Waals surface area (Å²) >= 11 is 12.5. The second-order valence-electron chi connectivity index (χ2n) is 7.41. The van der Waals surface area contributed by atoms with Crippen LogP contribution in [-0.4, -0.2) is 56.7 Å². The Bertz CT molecular complexity index is 1060. The van der Waals surface area contributed by atoms with Crippen molar-refractivity contribution in [3.8, 4) is 5.69 Å². The van der Waals surface area contributed by atoms with Gasteiger partial charge in [-0.3, -0.25) is 4.79 Å². The minimum absolute atomic E-state index is 0.0458. The summed E-state index contributed by atoms with van der Waals surface area (Å²) in [6.45, 7) is 2.10. The first-order valence-corrected chi connectivity index (χ1v) is 10.5. The van der Waals surface area contributed by atoms with E-state index in [1.165, 1.54) is 4.68 Å². The Balaban J connectivity index is 1.52. The van der Waals surface area contributed by atoms with E-state index in [1.807, 2.05) is 0 Å². The van der Waals surface area contributed by atoms with Crippen molar-refractivity contribution in [1.82, 2.24) is 24.6 Å². The average molecular weight is 461 g/mol. The molecule has 4 N–H and O–H groups in total. The van der Waals surface area contributed by atoms with Crippen LogP contribution in [0.25, 0.3) is 5.69 Å². The van der Waals surface area contributed by atoms with Crippen molar-refractivity contribution in [2.75, 3.05) is 30.8 Å². The van der Waals surface area contributed by atoms with Crippen molar-refractivity contribution in [2.45, 2.75) is 18.9 Å². The summed E-state index contributed by atoms with van der Waals surface area (Å²) in [6.07, 6.45) is 6.96. The molecule has 1 amide bonds. The van der Waals surface area contributed by atoms with Crippen molar-refractivity contribution >= 4 is 46.4 Å². The SMILES string of the molecule is CN1CCC(Nc2ncc(Nc3cn(-c4c(Cl)cccc4Cl)nc3C(N)=O)cn2)CC1. The van der Waals surface area contributed by atoms with E-state index in [0.717, 1.165) is 25.9 Å². The van der Waals surface area contributed by atoms with E-state index >= 15 is 0 Å². The van der Waals surface area contributed by atoms with Gasteiger partial charge in [0.1, 0.15) is 5.69 Å². The molecule has 1 aliphatic rings. The van der Waals surface area contributed by atoms with Crippen LogP contribution >= 0.6 is 23.2 Å². The number of likely N-dealkylation sites (tertiary alicyclic amines) is 1. The molecule has 0 bridgehead atoms. The maximum Gasteiger partial charge on any atom is 0.271 e. The molecule has 0 spiro atoms. The zero-order chi connectivity index (χ0) is 22.0. The fourth-order valence-electron chi connectivity index (χ4n) is 3.43. The Hall–Kier alpha value is -2.88. The number of primary amides is 1. The highest BCUT2D eigenvalue weighted by atomic mass is 35.5. The van der Waals surface area contributed by atoms with Crippen LogP contribution in [0.5, 0.6) is 0 Å². The largest absolute Gasteiger partial charge is 0.364 e. The zero-order valence-electron chi connectivity index (χ0n) is 16.8. The number of nitrogens with one attached hydrogen (secondary N) is 2. The Kier molecular flexibility index (Phi) is 6.26. The lowest BCUT2D eigenvalue weighted by Gasteiger charge is -2.29. The van der Waals surface area contributed by atoms with Gasteiger partial charge in [0.05, 0.1) is 40.0 Å². The van der Waals surface area contributed by atoms with Gasteiger partial charge >= 0.3 is 0 Å². The van der Waals surface area contributed by atoms with Gasteiger partial charge in [0, 0.05) is 6.04 Å². The Morgan fingerprint density at radius 3 is 2.42 bits per heavy atom. The molecule has 1 fully saturated rings. The standard InChI is InChI=1S/C20H22Cl2N8O/c1-29-7-5-12(6-8-29)27-20-24-9-13(10-25-20)26-16-11-30(28-17(16)19(23)31)18-14(21)3-2-4-15(18)22/h2-4,9-12,26H,5-8H2,1H3,(H2,23,31)(H,24,25,27). The predicted octanol–water partition coefficient (Wildman–Crippen LogP) is 3.32. The van der Waals surface area contributed by atoms with Crippen LogP contribution in [0.2, 0.25) is 10.0 Å². The number of carbonyl (C=O) groups excluding carboxylic acids is 1. The third-order valence-corrected chi connectivity index (χ3v) is 5.71. The number of halogens is 2. The van der Waals surface area contributed by atoms with E-state index < -0.39 is 5.91 Å². The first kappa shape index (κ1) is 21.4. The number of nitrogens with zero attached hydrogens (tertiary/aromatic N) is 5. The van der Waals surface area contributed by atoms with Crippen LogP contribution in [-0.2, 0) is 0 Å². The van der Waals surface area contributed by atoms with Crippen LogP contribution in [0, 0.1) is 0 Å². The van der Waals surface area contributed by atoms with E-state index in [9.17, 15) is 4.79 Å². The van der Waals surface area contributed by atoms with Gasteiger partial charge in [0.2, 0.25) is 5.95 Å². The van der Waals surface area contributed by atoms with E-state index in [4.69, 9.17) is 28.9 Å². The summed E-state index contributed by atoms with van der Waals surface area (Å²) < 4.78 is 1.42. The second-order valence-corrected chi connectivity index (χ2v) is 8.23. The Morgan fingerprint density at radius 1 is 1.16 bits per heavy atom. The molecule has 162 valence electrons. The monoisotopic (exact) mass is 460 g/mol. The molecule has 0 saturated carbocycles. The van der Waals surface area contributed by atoms with Gasteiger partial charge in [-0.2, -0.15) is 5.10 Å². The molecule has 1 aromatic carbocycles. The Labute approximate surface area is 189 Å². The first-order chi connectivity index (χ1) is 14.9. The van der Waals surface area contributed by atoms with E-state index in [0.29, 0.717) is 39.1 Å². The smallest absolute Gasteiger partial charge is 0.271 e. The lowest BCUT2D eigenvalue weighted by atomic mass is 10.1. The van der Waals surface area contributed by atoms with Gasteiger partial charge in [-0.25, -0.2) is 14.6 Å². The third-order valence-electron chi connectivity index (χ3n) is 5.10. The lowest BCUT2D eigenvalue weighted by Crippen LogP contribution is -2.37. The molecule has 0 atom stereocenters. The molecule has 3 heterocycles. The molecular weight excluding hydrogens is 439 g/mol. The first-order valence-electron chi connectivity index (χ1n) is 9.78. The molecule has 11 heteroatoms. The molecule has 2 aromatic heterocycles. The fourth-order valence-corrected chi connectivity index (χ4v) is 4.00. The minimum Gasteiger partial charge on any atom is -0.364 e. The molecule has 4 rings (SSSR count). The number of benzene rings is 1. The van der Waals surface area contributed by atoms with Crippen molar-refractivity contribution in [3.63, 3.8) is 0 Å². The van der Waals surface area contributed by atoms with Crippen molar-refractivity contribution in [1.29, 1.82) is 0 Å². The number of amides is 1. The summed E-state index contributed by atoms with van der Waals surface area (Å²) in [5.74, 6) is -0.125. The van der Waals surface area contributed by atoms with Gasteiger partial charge in [-0.05, 0) is 45.1 Å².